The van der Waals surface area contributed by atoms with Gasteiger partial charge in [-0.3, -0.25) is 9.89 Å². The molecule has 1 atom stereocenters. The topological polar surface area (TPSA) is 86.7 Å². The number of rotatable bonds is 3. The lowest BCUT2D eigenvalue weighted by atomic mass is 9.91. The van der Waals surface area contributed by atoms with E-state index in [4.69, 9.17) is 4.42 Å². The Morgan fingerprint density at radius 2 is 2.22 bits per heavy atom. The molecule has 3 heterocycles. The van der Waals surface area contributed by atoms with Crippen LogP contribution in [0.3, 0.4) is 0 Å². The molecular formula is C20H17FN4O2. The zero-order chi connectivity index (χ0) is 18.4. The van der Waals surface area contributed by atoms with E-state index in [0.29, 0.717) is 17.1 Å². The van der Waals surface area contributed by atoms with Crippen LogP contribution in [0, 0.1) is 5.82 Å². The number of benzene rings is 1. The van der Waals surface area contributed by atoms with Crippen molar-refractivity contribution in [2.45, 2.75) is 25.3 Å². The van der Waals surface area contributed by atoms with Crippen LogP contribution in [-0.4, -0.2) is 21.1 Å². The zero-order valence-electron chi connectivity index (χ0n) is 14.4. The molecule has 0 bridgehead atoms. The molecule has 1 aromatic carbocycles. The van der Waals surface area contributed by atoms with Crippen LogP contribution >= 0.6 is 0 Å². The van der Waals surface area contributed by atoms with Crippen molar-refractivity contribution in [2.24, 2.45) is 0 Å². The summed E-state index contributed by atoms with van der Waals surface area (Å²) in [5.74, 6) is 0.114. The van der Waals surface area contributed by atoms with Crippen molar-refractivity contribution < 1.29 is 13.6 Å². The summed E-state index contributed by atoms with van der Waals surface area (Å²) >= 11 is 0. The van der Waals surface area contributed by atoms with Crippen LogP contribution in [0.15, 0.2) is 47.1 Å². The minimum absolute atomic E-state index is 0.152. The second-order valence-corrected chi connectivity index (χ2v) is 6.77. The minimum atomic E-state index is -0.258. The first-order chi connectivity index (χ1) is 13.2. The lowest BCUT2D eigenvalue weighted by Gasteiger charge is -2.23. The molecule has 6 nitrogen and oxygen atoms in total. The fourth-order valence-corrected chi connectivity index (χ4v) is 3.81. The van der Waals surface area contributed by atoms with E-state index in [1.54, 1.807) is 36.6 Å². The van der Waals surface area contributed by atoms with Crippen molar-refractivity contribution >= 4 is 16.8 Å². The maximum absolute atomic E-state index is 13.6. The first-order valence-corrected chi connectivity index (χ1v) is 8.89. The monoisotopic (exact) mass is 364 g/mol. The number of carbonyl (C=O) groups is 1. The van der Waals surface area contributed by atoms with Gasteiger partial charge in [-0.25, -0.2) is 4.39 Å². The quantitative estimate of drug-likeness (QED) is 0.511. The van der Waals surface area contributed by atoms with Crippen molar-refractivity contribution in [1.82, 2.24) is 20.5 Å². The van der Waals surface area contributed by atoms with Crippen molar-refractivity contribution in [3.05, 3.63) is 65.4 Å². The van der Waals surface area contributed by atoms with Crippen molar-refractivity contribution in [3.63, 3.8) is 0 Å². The molecule has 7 heteroatoms. The number of aryl methyl sites for hydroxylation is 1. The molecule has 1 amide bonds. The molecule has 0 fully saturated rings. The number of nitrogens with one attached hydrogen (secondary N) is 3. The number of carbonyl (C=O) groups excluding carboxylic acids is 1. The van der Waals surface area contributed by atoms with Gasteiger partial charge in [0, 0.05) is 22.7 Å². The molecule has 3 N–H and O–H groups in total. The number of H-pyrrole nitrogens is 2. The molecule has 136 valence electrons. The summed E-state index contributed by atoms with van der Waals surface area (Å²) in [4.78, 5) is 16.0. The predicted octanol–water partition coefficient (Wildman–Crippen LogP) is 4.10. The SMILES string of the molecule is O=C(N[C@H]1CCCc2c1[nH]c1ccc(F)cc21)c1cc(-c2ccco2)[nH]n1. The number of hydrogen-bond acceptors (Lipinski definition) is 3. The van der Waals surface area contributed by atoms with E-state index in [0.717, 1.165) is 41.4 Å². The van der Waals surface area contributed by atoms with E-state index in [1.807, 2.05) is 0 Å². The zero-order valence-corrected chi connectivity index (χ0v) is 14.4. The summed E-state index contributed by atoms with van der Waals surface area (Å²) in [7, 11) is 0. The number of nitrogens with zero attached hydrogens (tertiary/aromatic N) is 1. The van der Waals surface area contributed by atoms with Crippen LogP contribution in [0.2, 0.25) is 0 Å². The maximum Gasteiger partial charge on any atom is 0.272 e. The van der Waals surface area contributed by atoms with E-state index < -0.39 is 0 Å². The summed E-state index contributed by atoms with van der Waals surface area (Å²) in [5.41, 5.74) is 3.88. The van der Waals surface area contributed by atoms with Gasteiger partial charge >= 0.3 is 0 Å². The number of aromatic amines is 2. The highest BCUT2D eigenvalue weighted by Crippen LogP contribution is 2.35. The average molecular weight is 364 g/mol. The first kappa shape index (κ1) is 15.9. The van der Waals surface area contributed by atoms with Crippen LogP contribution in [0.25, 0.3) is 22.4 Å². The molecule has 0 saturated carbocycles. The highest BCUT2D eigenvalue weighted by Gasteiger charge is 2.26. The van der Waals surface area contributed by atoms with Crippen molar-refractivity contribution in [3.8, 4) is 11.5 Å². The molecule has 0 saturated heterocycles. The Hall–Kier alpha value is -3.35. The lowest BCUT2D eigenvalue weighted by molar-refractivity contribution is 0.0927. The smallest absolute Gasteiger partial charge is 0.272 e. The molecule has 0 radical (unpaired) electrons. The normalized spacial score (nSPS) is 16.4. The largest absolute Gasteiger partial charge is 0.463 e. The van der Waals surface area contributed by atoms with Crippen LogP contribution < -0.4 is 5.32 Å². The molecular weight excluding hydrogens is 347 g/mol. The molecule has 0 aliphatic heterocycles. The fraction of sp³-hybridized carbons (Fsp3) is 0.200. The third-order valence-electron chi connectivity index (χ3n) is 5.07. The van der Waals surface area contributed by atoms with Crippen LogP contribution in [-0.2, 0) is 6.42 Å². The number of hydrogen-bond donors (Lipinski definition) is 3. The minimum Gasteiger partial charge on any atom is -0.463 e. The Bertz CT molecular complexity index is 1130. The fourth-order valence-electron chi connectivity index (χ4n) is 3.81. The summed E-state index contributed by atoms with van der Waals surface area (Å²) in [5, 5.41) is 10.9. The summed E-state index contributed by atoms with van der Waals surface area (Å²) in [6.07, 6.45) is 4.19. The van der Waals surface area contributed by atoms with Gasteiger partial charge in [0.15, 0.2) is 11.5 Å². The van der Waals surface area contributed by atoms with Crippen LogP contribution in [0.5, 0.6) is 0 Å². The Labute approximate surface area is 153 Å². The molecule has 4 aromatic rings. The van der Waals surface area contributed by atoms with Gasteiger partial charge in [0.2, 0.25) is 0 Å². The molecule has 0 spiro atoms. The number of fused-ring (bicyclic) bond motifs is 3. The highest BCUT2D eigenvalue weighted by molar-refractivity contribution is 5.94. The summed E-state index contributed by atoms with van der Waals surface area (Å²) < 4.78 is 18.9. The molecule has 27 heavy (non-hydrogen) atoms. The number of halogens is 1. The summed E-state index contributed by atoms with van der Waals surface area (Å²) in [6.45, 7) is 0. The standard InChI is InChI=1S/C20H17FN4O2/c21-11-6-7-14-13(9-11)12-3-1-4-15(19(12)22-14)23-20(26)17-10-16(24-25-17)18-5-2-8-27-18/h2,5-10,15,22H,1,3-4H2,(H,23,26)(H,24,25)/t15-/m0/s1. The van der Waals surface area contributed by atoms with Gasteiger partial charge in [-0.05, 0) is 55.2 Å². The lowest BCUT2D eigenvalue weighted by Crippen LogP contribution is -2.31. The second-order valence-electron chi connectivity index (χ2n) is 6.77. The average Bonchev–Trinajstić information content (AvgIpc) is 3.41. The van der Waals surface area contributed by atoms with E-state index in [-0.39, 0.29) is 17.8 Å². The Morgan fingerprint density at radius 3 is 3.07 bits per heavy atom. The van der Waals surface area contributed by atoms with Gasteiger partial charge in [0.05, 0.1) is 12.3 Å². The number of aromatic nitrogens is 3. The van der Waals surface area contributed by atoms with Crippen molar-refractivity contribution in [1.29, 1.82) is 0 Å². The Kier molecular flexibility index (Phi) is 3.60. The molecule has 3 aromatic heterocycles. The van der Waals surface area contributed by atoms with E-state index in [1.165, 1.54) is 6.07 Å². The highest BCUT2D eigenvalue weighted by atomic mass is 19.1. The predicted molar refractivity (Wildman–Crippen MR) is 97.7 cm³/mol. The van der Waals surface area contributed by atoms with Gasteiger partial charge in [0.1, 0.15) is 11.5 Å². The third-order valence-corrected chi connectivity index (χ3v) is 5.07. The van der Waals surface area contributed by atoms with Gasteiger partial charge in [0.25, 0.3) is 5.91 Å². The van der Waals surface area contributed by atoms with Crippen molar-refractivity contribution in [2.75, 3.05) is 0 Å². The molecule has 0 unspecified atom stereocenters. The maximum atomic E-state index is 13.6. The molecule has 1 aliphatic rings. The van der Waals surface area contributed by atoms with Crippen LogP contribution in [0.1, 0.15) is 40.6 Å². The number of amides is 1. The van der Waals surface area contributed by atoms with E-state index in [2.05, 4.69) is 20.5 Å². The molecule has 1 aliphatic carbocycles. The first-order valence-electron chi connectivity index (χ1n) is 8.89. The van der Waals surface area contributed by atoms with Gasteiger partial charge in [-0.2, -0.15) is 5.10 Å². The summed E-state index contributed by atoms with van der Waals surface area (Å²) in [6, 6.07) is 9.82. The third kappa shape index (κ3) is 2.71. The molecule has 5 rings (SSSR count). The van der Waals surface area contributed by atoms with Gasteiger partial charge in [-0.15, -0.1) is 0 Å². The Morgan fingerprint density at radius 1 is 1.30 bits per heavy atom. The van der Waals surface area contributed by atoms with Crippen LogP contribution in [0.4, 0.5) is 4.39 Å². The Balaban J connectivity index is 1.42. The van der Waals surface area contributed by atoms with E-state index >= 15 is 0 Å². The van der Waals surface area contributed by atoms with Gasteiger partial charge in [-0.1, -0.05) is 0 Å². The second kappa shape index (κ2) is 6.12. The van der Waals surface area contributed by atoms with Gasteiger partial charge < -0.3 is 14.7 Å². The van der Waals surface area contributed by atoms with E-state index in [9.17, 15) is 9.18 Å². The number of furan rings is 1.